The maximum absolute atomic E-state index is 6.16. The van der Waals surface area contributed by atoms with Crippen molar-refractivity contribution in [2.75, 3.05) is 6.54 Å². The lowest BCUT2D eigenvalue weighted by Crippen LogP contribution is -2.51. The minimum absolute atomic E-state index is 0.138. The fourth-order valence-corrected chi connectivity index (χ4v) is 3.58. The highest BCUT2D eigenvalue weighted by Crippen LogP contribution is 2.33. The van der Waals surface area contributed by atoms with Crippen molar-refractivity contribution in [2.24, 2.45) is 11.7 Å². The number of hydrogen-bond acceptors (Lipinski definition) is 2. The summed E-state index contributed by atoms with van der Waals surface area (Å²) in [5.74, 6) is 0.900. The quantitative estimate of drug-likeness (QED) is 0.796. The normalized spacial score (nSPS) is 28.9. The van der Waals surface area contributed by atoms with Gasteiger partial charge >= 0.3 is 0 Å². The minimum Gasteiger partial charge on any atom is -0.329 e. The maximum atomic E-state index is 6.16. The molecule has 3 atom stereocenters. The van der Waals surface area contributed by atoms with Crippen LogP contribution in [0.4, 0.5) is 0 Å². The second kappa shape index (κ2) is 7.24. The van der Waals surface area contributed by atoms with Gasteiger partial charge in [-0.3, -0.25) is 0 Å². The lowest BCUT2D eigenvalue weighted by molar-refractivity contribution is 0.262. The maximum Gasteiger partial charge on any atom is 0.0309 e. The lowest BCUT2D eigenvalue weighted by atomic mass is 9.88. The van der Waals surface area contributed by atoms with E-state index in [1.54, 1.807) is 0 Å². The summed E-state index contributed by atoms with van der Waals surface area (Å²) < 4.78 is 0. The second-order valence-electron chi connectivity index (χ2n) is 6.47. The summed E-state index contributed by atoms with van der Waals surface area (Å²) in [4.78, 5) is 0. The fourth-order valence-electron chi connectivity index (χ4n) is 3.58. The molecule has 0 spiro atoms. The van der Waals surface area contributed by atoms with Crippen molar-refractivity contribution in [1.29, 1.82) is 0 Å². The predicted molar refractivity (Wildman–Crippen MR) is 86.6 cm³/mol. The van der Waals surface area contributed by atoms with Gasteiger partial charge in [-0.15, -0.1) is 0 Å². The molecule has 0 heterocycles. The molecule has 2 rings (SSSR count). The minimum atomic E-state index is 0.138. The Hall–Kier alpha value is -0.860. The molecule has 0 amide bonds. The van der Waals surface area contributed by atoms with Crippen molar-refractivity contribution < 1.29 is 0 Å². The molecule has 1 aliphatic rings. The predicted octanol–water partition coefficient (Wildman–Crippen LogP) is 4.03. The van der Waals surface area contributed by atoms with Crippen molar-refractivity contribution >= 4 is 0 Å². The lowest BCUT2D eigenvalue weighted by Gasteiger charge is -2.36. The van der Waals surface area contributed by atoms with Gasteiger partial charge in [0.15, 0.2) is 0 Å². The van der Waals surface area contributed by atoms with Gasteiger partial charge in [-0.1, -0.05) is 56.5 Å². The highest BCUT2D eigenvalue weighted by Gasteiger charge is 2.32. The molecule has 20 heavy (non-hydrogen) atoms. The molecule has 0 aliphatic heterocycles. The SMILES string of the molecule is CCC1CCCC(CN)(NC(C)c2ccccc2)CC1. The molecule has 3 unspecified atom stereocenters. The number of rotatable bonds is 5. The topological polar surface area (TPSA) is 38.0 Å². The van der Waals surface area contributed by atoms with Crippen molar-refractivity contribution in [3.63, 3.8) is 0 Å². The molecule has 1 aliphatic carbocycles. The first-order valence-electron chi connectivity index (χ1n) is 8.22. The Morgan fingerprint density at radius 1 is 1.25 bits per heavy atom. The standard InChI is InChI=1S/C18H30N2/c1-3-16-8-7-12-18(14-19,13-11-16)20-15(2)17-9-5-4-6-10-17/h4-6,9-10,15-16,20H,3,7-8,11-14,19H2,1-2H3. The Bertz CT molecular complexity index is 390. The first-order chi connectivity index (χ1) is 9.69. The van der Waals surface area contributed by atoms with Gasteiger partial charge in [0.05, 0.1) is 0 Å². The largest absolute Gasteiger partial charge is 0.329 e. The van der Waals surface area contributed by atoms with Gasteiger partial charge in [0.25, 0.3) is 0 Å². The van der Waals surface area contributed by atoms with E-state index in [1.165, 1.54) is 44.1 Å². The van der Waals surface area contributed by atoms with Crippen molar-refractivity contribution in [1.82, 2.24) is 5.32 Å². The highest BCUT2D eigenvalue weighted by atomic mass is 15.0. The molecule has 1 fully saturated rings. The van der Waals surface area contributed by atoms with E-state index in [0.29, 0.717) is 6.04 Å². The van der Waals surface area contributed by atoms with Crippen LogP contribution in [0.25, 0.3) is 0 Å². The van der Waals surface area contributed by atoms with Crippen LogP contribution in [0.3, 0.4) is 0 Å². The average Bonchev–Trinajstić information content (AvgIpc) is 2.71. The smallest absolute Gasteiger partial charge is 0.0309 e. The van der Waals surface area contributed by atoms with Gasteiger partial charge in [-0.25, -0.2) is 0 Å². The monoisotopic (exact) mass is 274 g/mol. The Kier molecular flexibility index (Phi) is 5.62. The Balaban J connectivity index is 2.04. The molecule has 112 valence electrons. The van der Waals surface area contributed by atoms with Gasteiger partial charge in [0.2, 0.25) is 0 Å². The summed E-state index contributed by atoms with van der Waals surface area (Å²) >= 11 is 0. The van der Waals surface area contributed by atoms with Crippen molar-refractivity contribution in [2.45, 2.75) is 64.0 Å². The third kappa shape index (κ3) is 3.83. The van der Waals surface area contributed by atoms with E-state index >= 15 is 0 Å². The van der Waals surface area contributed by atoms with E-state index in [1.807, 2.05) is 0 Å². The number of benzene rings is 1. The van der Waals surface area contributed by atoms with Crippen LogP contribution < -0.4 is 11.1 Å². The average molecular weight is 274 g/mol. The Morgan fingerprint density at radius 2 is 2.00 bits per heavy atom. The van der Waals surface area contributed by atoms with E-state index in [9.17, 15) is 0 Å². The molecule has 1 aromatic carbocycles. The summed E-state index contributed by atoms with van der Waals surface area (Å²) in [6, 6.07) is 11.1. The molecule has 1 aromatic rings. The van der Waals surface area contributed by atoms with Gasteiger partial charge in [-0.05, 0) is 37.7 Å². The molecule has 0 radical (unpaired) electrons. The summed E-state index contributed by atoms with van der Waals surface area (Å²) in [6.45, 7) is 5.33. The van der Waals surface area contributed by atoms with E-state index < -0.39 is 0 Å². The third-order valence-corrected chi connectivity index (χ3v) is 5.09. The molecule has 1 saturated carbocycles. The van der Waals surface area contributed by atoms with E-state index in [-0.39, 0.29) is 5.54 Å². The molecular formula is C18H30N2. The van der Waals surface area contributed by atoms with E-state index in [4.69, 9.17) is 5.73 Å². The molecule has 0 saturated heterocycles. The molecule has 2 nitrogen and oxygen atoms in total. The summed E-state index contributed by atoms with van der Waals surface area (Å²) in [7, 11) is 0. The number of nitrogens with two attached hydrogens (primary N) is 1. The zero-order valence-corrected chi connectivity index (χ0v) is 13.1. The molecular weight excluding hydrogens is 244 g/mol. The molecule has 0 aromatic heterocycles. The number of hydrogen-bond donors (Lipinski definition) is 2. The van der Waals surface area contributed by atoms with Crippen LogP contribution in [0.2, 0.25) is 0 Å². The first kappa shape index (κ1) is 15.5. The zero-order chi connectivity index (χ0) is 14.4. The third-order valence-electron chi connectivity index (χ3n) is 5.09. The van der Waals surface area contributed by atoms with Crippen molar-refractivity contribution in [3.05, 3.63) is 35.9 Å². The van der Waals surface area contributed by atoms with Crippen LogP contribution in [0.5, 0.6) is 0 Å². The van der Waals surface area contributed by atoms with Gasteiger partial charge < -0.3 is 11.1 Å². The second-order valence-corrected chi connectivity index (χ2v) is 6.47. The van der Waals surface area contributed by atoms with Crippen LogP contribution in [0.15, 0.2) is 30.3 Å². The summed E-state index contributed by atoms with van der Waals surface area (Å²) in [5, 5.41) is 3.86. The fraction of sp³-hybridized carbons (Fsp3) is 0.667. The zero-order valence-electron chi connectivity index (χ0n) is 13.1. The van der Waals surface area contributed by atoms with Crippen LogP contribution in [-0.4, -0.2) is 12.1 Å². The van der Waals surface area contributed by atoms with Crippen LogP contribution in [0.1, 0.15) is 64.0 Å². The highest BCUT2D eigenvalue weighted by molar-refractivity contribution is 5.19. The van der Waals surface area contributed by atoms with Crippen LogP contribution in [-0.2, 0) is 0 Å². The van der Waals surface area contributed by atoms with E-state index in [0.717, 1.165) is 12.5 Å². The molecule has 3 N–H and O–H groups in total. The van der Waals surface area contributed by atoms with Gasteiger partial charge in [-0.2, -0.15) is 0 Å². The first-order valence-corrected chi connectivity index (χ1v) is 8.22. The molecule has 2 heteroatoms. The molecule has 0 bridgehead atoms. The van der Waals surface area contributed by atoms with Gasteiger partial charge in [0, 0.05) is 18.1 Å². The van der Waals surface area contributed by atoms with Crippen LogP contribution in [0, 0.1) is 5.92 Å². The van der Waals surface area contributed by atoms with Crippen molar-refractivity contribution in [3.8, 4) is 0 Å². The van der Waals surface area contributed by atoms with E-state index in [2.05, 4.69) is 49.5 Å². The number of nitrogens with one attached hydrogen (secondary N) is 1. The summed E-state index contributed by atoms with van der Waals surface area (Å²) in [5.41, 5.74) is 7.65. The van der Waals surface area contributed by atoms with Gasteiger partial charge in [0.1, 0.15) is 0 Å². The summed E-state index contributed by atoms with van der Waals surface area (Å²) in [6.07, 6.45) is 7.76. The van der Waals surface area contributed by atoms with Crippen LogP contribution >= 0.6 is 0 Å². The Labute approximate surface area is 124 Å². The Morgan fingerprint density at radius 3 is 2.65 bits per heavy atom.